The topological polar surface area (TPSA) is 124 Å². The van der Waals surface area contributed by atoms with E-state index < -0.39 is 16.8 Å². The average Bonchev–Trinajstić information content (AvgIpc) is 2.28. The van der Waals surface area contributed by atoms with E-state index in [-0.39, 0.29) is 17.7 Å². The Morgan fingerprint density at radius 2 is 2.06 bits per heavy atom. The first-order valence-corrected chi connectivity index (χ1v) is 4.88. The Morgan fingerprint density at radius 1 is 1.39 bits per heavy atom. The minimum atomic E-state index is -1.02. The van der Waals surface area contributed by atoms with Gasteiger partial charge < -0.3 is 10.8 Å². The van der Waals surface area contributed by atoms with Crippen LogP contribution in [0, 0.1) is 10.1 Å². The van der Waals surface area contributed by atoms with Crippen LogP contribution in [0.25, 0.3) is 6.08 Å². The van der Waals surface area contributed by atoms with Crippen LogP contribution in [0.1, 0.15) is 22.3 Å². The number of aliphatic carboxylic acids is 1. The molecule has 18 heavy (non-hydrogen) atoms. The highest BCUT2D eigenvalue weighted by molar-refractivity contribution is 5.94. The van der Waals surface area contributed by atoms with E-state index in [1.807, 2.05) is 0 Å². The maximum Gasteiger partial charge on any atom is 0.307 e. The number of nitro groups is 1. The first-order valence-electron chi connectivity index (χ1n) is 4.88. The van der Waals surface area contributed by atoms with E-state index in [0.717, 1.165) is 6.07 Å². The summed E-state index contributed by atoms with van der Waals surface area (Å²) >= 11 is 0. The van der Waals surface area contributed by atoms with Gasteiger partial charge in [-0.2, -0.15) is 0 Å². The first-order chi connectivity index (χ1) is 8.40. The zero-order chi connectivity index (χ0) is 13.7. The van der Waals surface area contributed by atoms with Gasteiger partial charge in [-0.1, -0.05) is 12.2 Å². The van der Waals surface area contributed by atoms with E-state index in [0.29, 0.717) is 5.56 Å². The summed E-state index contributed by atoms with van der Waals surface area (Å²) in [5, 5.41) is 19.1. The van der Waals surface area contributed by atoms with Crippen molar-refractivity contribution in [2.24, 2.45) is 5.73 Å². The largest absolute Gasteiger partial charge is 0.481 e. The Kier molecular flexibility index (Phi) is 4.14. The molecular weight excluding hydrogens is 240 g/mol. The molecule has 0 unspecified atom stereocenters. The fourth-order valence-electron chi connectivity index (χ4n) is 1.27. The van der Waals surface area contributed by atoms with Crippen molar-refractivity contribution in [1.82, 2.24) is 0 Å². The molecule has 94 valence electrons. The highest BCUT2D eigenvalue weighted by atomic mass is 16.6. The standard InChI is InChI=1S/C11H10N2O5/c12-11(16)8-4-7(2-1-3-10(14)15)5-9(6-8)13(17)18/h1-2,4-6H,3H2,(H2,12,16)(H,14,15). The second-order valence-corrected chi connectivity index (χ2v) is 3.43. The van der Waals surface area contributed by atoms with E-state index >= 15 is 0 Å². The van der Waals surface area contributed by atoms with Crippen LogP contribution in [0.4, 0.5) is 5.69 Å². The quantitative estimate of drug-likeness (QED) is 0.599. The lowest BCUT2D eigenvalue weighted by molar-refractivity contribution is -0.384. The SMILES string of the molecule is NC(=O)c1cc(C=CCC(=O)O)cc([N+](=O)[O-])c1. The molecule has 0 bridgehead atoms. The van der Waals surface area contributed by atoms with Crippen LogP contribution in [-0.2, 0) is 4.79 Å². The van der Waals surface area contributed by atoms with Crippen molar-refractivity contribution >= 4 is 23.6 Å². The van der Waals surface area contributed by atoms with Crippen LogP contribution in [0.15, 0.2) is 24.3 Å². The Labute approximate surface area is 102 Å². The van der Waals surface area contributed by atoms with Crippen LogP contribution in [-0.4, -0.2) is 21.9 Å². The Hall–Kier alpha value is -2.70. The molecule has 0 aliphatic carbocycles. The molecule has 1 rings (SSSR count). The smallest absolute Gasteiger partial charge is 0.307 e. The zero-order valence-electron chi connectivity index (χ0n) is 9.20. The number of rotatable bonds is 5. The second-order valence-electron chi connectivity index (χ2n) is 3.43. The average molecular weight is 250 g/mol. The highest BCUT2D eigenvalue weighted by Gasteiger charge is 2.11. The predicted molar refractivity (Wildman–Crippen MR) is 62.9 cm³/mol. The van der Waals surface area contributed by atoms with Gasteiger partial charge in [0.25, 0.3) is 5.69 Å². The molecule has 0 aliphatic heterocycles. The minimum absolute atomic E-state index is 0.000764. The van der Waals surface area contributed by atoms with Gasteiger partial charge in [-0.3, -0.25) is 19.7 Å². The van der Waals surface area contributed by atoms with Gasteiger partial charge >= 0.3 is 5.97 Å². The molecule has 3 N–H and O–H groups in total. The molecule has 0 saturated heterocycles. The number of primary amides is 1. The molecule has 0 heterocycles. The molecule has 0 fully saturated rings. The van der Waals surface area contributed by atoms with Crippen LogP contribution >= 0.6 is 0 Å². The lowest BCUT2D eigenvalue weighted by Crippen LogP contribution is -2.11. The summed E-state index contributed by atoms with van der Waals surface area (Å²) in [5.74, 6) is -1.81. The number of carbonyl (C=O) groups is 2. The van der Waals surface area contributed by atoms with Gasteiger partial charge in [0.1, 0.15) is 0 Å². The number of carboxylic acids is 1. The monoisotopic (exact) mass is 250 g/mol. The lowest BCUT2D eigenvalue weighted by Gasteiger charge is -1.99. The number of amides is 1. The number of nitrogens with zero attached hydrogens (tertiary/aromatic N) is 1. The normalized spacial score (nSPS) is 10.4. The maximum absolute atomic E-state index is 11.0. The lowest BCUT2D eigenvalue weighted by atomic mass is 10.1. The van der Waals surface area contributed by atoms with Crippen LogP contribution in [0.2, 0.25) is 0 Å². The molecule has 0 spiro atoms. The summed E-state index contributed by atoms with van der Waals surface area (Å²) in [6.45, 7) is 0. The van der Waals surface area contributed by atoms with E-state index in [4.69, 9.17) is 10.8 Å². The number of nitrogens with two attached hydrogens (primary N) is 1. The van der Waals surface area contributed by atoms with Gasteiger partial charge in [-0.15, -0.1) is 0 Å². The van der Waals surface area contributed by atoms with Crippen molar-refractivity contribution in [1.29, 1.82) is 0 Å². The summed E-state index contributed by atoms with van der Waals surface area (Å²) in [7, 11) is 0. The maximum atomic E-state index is 11.0. The molecule has 1 aromatic carbocycles. The zero-order valence-corrected chi connectivity index (χ0v) is 9.20. The number of hydrogen-bond acceptors (Lipinski definition) is 4. The fourth-order valence-corrected chi connectivity index (χ4v) is 1.27. The van der Waals surface area contributed by atoms with Gasteiger partial charge in [0.05, 0.1) is 11.3 Å². The van der Waals surface area contributed by atoms with Crippen molar-refractivity contribution < 1.29 is 19.6 Å². The molecule has 7 nitrogen and oxygen atoms in total. The van der Waals surface area contributed by atoms with Gasteiger partial charge in [0.2, 0.25) is 5.91 Å². The van der Waals surface area contributed by atoms with Crippen LogP contribution < -0.4 is 5.73 Å². The Morgan fingerprint density at radius 3 is 2.56 bits per heavy atom. The number of nitro benzene ring substituents is 1. The summed E-state index contributed by atoms with van der Waals surface area (Å²) in [5.41, 5.74) is 5.12. The van der Waals surface area contributed by atoms with Crippen molar-refractivity contribution in [2.75, 3.05) is 0 Å². The molecule has 1 amide bonds. The number of hydrogen-bond donors (Lipinski definition) is 2. The molecule has 0 aliphatic rings. The number of carboxylic acid groups (broad SMARTS) is 1. The third-order valence-electron chi connectivity index (χ3n) is 2.04. The molecule has 7 heteroatoms. The highest BCUT2D eigenvalue weighted by Crippen LogP contribution is 2.18. The summed E-state index contributed by atoms with van der Waals surface area (Å²) in [6.07, 6.45) is 2.49. The fraction of sp³-hybridized carbons (Fsp3) is 0.0909. The second kappa shape index (κ2) is 5.58. The molecule has 0 saturated carbocycles. The van der Waals surface area contributed by atoms with E-state index in [1.54, 1.807) is 0 Å². The third-order valence-corrected chi connectivity index (χ3v) is 2.04. The Bertz CT molecular complexity index is 504. The van der Waals surface area contributed by atoms with Crippen molar-refractivity contribution in [3.63, 3.8) is 0 Å². The van der Waals surface area contributed by atoms with Crippen molar-refractivity contribution in [3.8, 4) is 0 Å². The number of carbonyl (C=O) groups excluding carboxylic acids is 1. The van der Waals surface area contributed by atoms with E-state index in [9.17, 15) is 19.7 Å². The molecule has 0 atom stereocenters. The van der Waals surface area contributed by atoms with Gasteiger partial charge in [-0.05, 0) is 11.6 Å². The molecular formula is C11H10N2O5. The summed E-state index contributed by atoms with van der Waals surface area (Å²) < 4.78 is 0. The molecule has 0 aromatic heterocycles. The summed E-state index contributed by atoms with van der Waals surface area (Å²) in [6, 6.07) is 3.65. The van der Waals surface area contributed by atoms with Crippen LogP contribution in [0.3, 0.4) is 0 Å². The summed E-state index contributed by atoms with van der Waals surface area (Å²) in [4.78, 5) is 31.3. The van der Waals surface area contributed by atoms with Gasteiger partial charge in [0.15, 0.2) is 0 Å². The van der Waals surface area contributed by atoms with E-state index in [2.05, 4.69) is 0 Å². The predicted octanol–water partition coefficient (Wildman–Crippen LogP) is 1.18. The van der Waals surface area contributed by atoms with Crippen molar-refractivity contribution in [2.45, 2.75) is 6.42 Å². The van der Waals surface area contributed by atoms with Crippen LogP contribution in [0.5, 0.6) is 0 Å². The minimum Gasteiger partial charge on any atom is -0.481 e. The number of non-ortho nitro benzene ring substituents is 1. The first kappa shape index (κ1) is 13.4. The van der Waals surface area contributed by atoms with Crippen molar-refractivity contribution in [3.05, 3.63) is 45.5 Å². The van der Waals surface area contributed by atoms with Gasteiger partial charge in [-0.25, -0.2) is 0 Å². The van der Waals surface area contributed by atoms with Gasteiger partial charge in [0, 0.05) is 17.7 Å². The third kappa shape index (κ3) is 3.71. The Balaban J connectivity index is 3.11. The molecule has 0 radical (unpaired) electrons. The van der Waals surface area contributed by atoms with E-state index in [1.165, 1.54) is 24.3 Å². The number of benzene rings is 1. The molecule has 1 aromatic rings.